The Kier molecular flexibility index (Phi) is 5.93. The van der Waals surface area contributed by atoms with Crippen LogP contribution in [-0.4, -0.2) is 41.9 Å². The summed E-state index contributed by atoms with van der Waals surface area (Å²) in [7, 11) is 3.88. The first kappa shape index (κ1) is 19.4. The highest BCUT2D eigenvalue weighted by atomic mass is 16.2. The maximum atomic E-state index is 12.7. The van der Waals surface area contributed by atoms with Gasteiger partial charge in [-0.1, -0.05) is 25.5 Å². The zero-order valence-corrected chi connectivity index (χ0v) is 16.3. The van der Waals surface area contributed by atoms with Crippen LogP contribution >= 0.6 is 0 Å². The zero-order chi connectivity index (χ0) is 20.1. The third kappa shape index (κ3) is 4.49. The lowest BCUT2D eigenvalue weighted by atomic mass is 10.1. The average Bonchev–Trinajstić information content (AvgIpc) is 3.09. The van der Waals surface area contributed by atoms with Gasteiger partial charge in [0.25, 0.3) is 5.91 Å². The summed E-state index contributed by atoms with van der Waals surface area (Å²) in [5.41, 5.74) is 3.14. The maximum Gasteiger partial charge on any atom is 0.251 e. The van der Waals surface area contributed by atoms with E-state index in [-0.39, 0.29) is 11.8 Å². The van der Waals surface area contributed by atoms with Crippen molar-refractivity contribution in [3.63, 3.8) is 0 Å². The molecule has 0 saturated heterocycles. The van der Waals surface area contributed by atoms with E-state index in [1.165, 1.54) is 0 Å². The van der Waals surface area contributed by atoms with E-state index in [1.807, 2.05) is 62.3 Å². The van der Waals surface area contributed by atoms with Crippen molar-refractivity contribution in [2.75, 3.05) is 24.3 Å². The highest BCUT2D eigenvalue weighted by Gasteiger charge is 2.21. The normalized spacial score (nSPS) is 11.8. The lowest BCUT2D eigenvalue weighted by molar-refractivity contribution is -0.118. The van der Waals surface area contributed by atoms with Crippen molar-refractivity contribution >= 4 is 34.5 Å². The molecule has 0 aliphatic carbocycles. The number of carbonyl (C=O) groups excluding carboxylic acids is 2. The van der Waals surface area contributed by atoms with Gasteiger partial charge in [-0.3, -0.25) is 14.9 Å². The largest absolute Gasteiger partial charge is 0.378 e. The fourth-order valence-electron chi connectivity index (χ4n) is 2.93. The quantitative estimate of drug-likeness (QED) is 0.588. The SMILES string of the molecule is CCCC(NC(=O)c1ccc(N(C)C)cc1)C(=O)Nc1nc2ccccc2[nH]1. The molecular weight excluding hydrogens is 354 g/mol. The number of amides is 2. The molecule has 0 saturated carbocycles. The van der Waals surface area contributed by atoms with Gasteiger partial charge < -0.3 is 15.2 Å². The summed E-state index contributed by atoms with van der Waals surface area (Å²) in [6.45, 7) is 1.97. The van der Waals surface area contributed by atoms with Crippen molar-refractivity contribution in [2.45, 2.75) is 25.8 Å². The molecule has 0 spiro atoms. The van der Waals surface area contributed by atoms with Crippen LogP contribution in [0.1, 0.15) is 30.1 Å². The molecule has 0 fully saturated rings. The Hall–Kier alpha value is -3.35. The van der Waals surface area contributed by atoms with Crippen molar-refractivity contribution in [2.24, 2.45) is 0 Å². The van der Waals surface area contributed by atoms with Crippen LogP contribution in [0.5, 0.6) is 0 Å². The lowest BCUT2D eigenvalue weighted by Crippen LogP contribution is -2.43. The van der Waals surface area contributed by atoms with E-state index in [0.29, 0.717) is 17.9 Å². The average molecular weight is 379 g/mol. The Bertz CT molecular complexity index is 929. The van der Waals surface area contributed by atoms with Crippen molar-refractivity contribution in [1.82, 2.24) is 15.3 Å². The fraction of sp³-hybridized carbons (Fsp3) is 0.286. The molecule has 28 heavy (non-hydrogen) atoms. The number of fused-ring (bicyclic) bond motifs is 1. The van der Waals surface area contributed by atoms with Crippen LogP contribution in [0.25, 0.3) is 11.0 Å². The van der Waals surface area contributed by atoms with Crippen LogP contribution < -0.4 is 15.5 Å². The molecule has 0 radical (unpaired) electrons. The molecule has 2 aromatic carbocycles. The van der Waals surface area contributed by atoms with E-state index < -0.39 is 6.04 Å². The first-order chi connectivity index (χ1) is 13.5. The number of carbonyl (C=O) groups is 2. The minimum absolute atomic E-state index is 0.275. The number of aromatic amines is 1. The molecule has 7 heteroatoms. The van der Waals surface area contributed by atoms with Crippen LogP contribution in [0.15, 0.2) is 48.5 Å². The van der Waals surface area contributed by atoms with Gasteiger partial charge in [0.2, 0.25) is 11.9 Å². The molecule has 146 valence electrons. The van der Waals surface area contributed by atoms with Gasteiger partial charge in [-0.05, 0) is 42.8 Å². The number of benzene rings is 2. The van der Waals surface area contributed by atoms with Gasteiger partial charge in [-0.2, -0.15) is 0 Å². The van der Waals surface area contributed by atoms with E-state index in [4.69, 9.17) is 0 Å². The lowest BCUT2D eigenvalue weighted by Gasteiger charge is -2.18. The number of aromatic nitrogens is 2. The van der Waals surface area contributed by atoms with Gasteiger partial charge in [0, 0.05) is 25.3 Å². The molecule has 3 N–H and O–H groups in total. The van der Waals surface area contributed by atoms with E-state index in [2.05, 4.69) is 20.6 Å². The zero-order valence-electron chi connectivity index (χ0n) is 16.3. The summed E-state index contributed by atoms with van der Waals surface area (Å²) in [6, 6.07) is 14.2. The van der Waals surface area contributed by atoms with Gasteiger partial charge in [0.05, 0.1) is 11.0 Å². The Morgan fingerprint density at radius 1 is 1.11 bits per heavy atom. The second-order valence-electron chi connectivity index (χ2n) is 6.85. The van der Waals surface area contributed by atoms with Crippen molar-refractivity contribution < 1.29 is 9.59 Å². The Morgan fingerprint density at radius 2 is 1.82 bits per heavy atom. The topological polar surface area (TPSA) is 90.1 Å². The smallest absolute Gasteiger partial charge is 0.251 e. The van der Waals surface area contributed by atoms with Crippen LogP contribution in [0, 0.1) is 0 Å². The Balaban J connectivity index is 1.69. The molecule has 3 rings (SSSR count). The number of imidazole rings is 1. The van der Waals surface area contributed by atoms with Crippen LogP contribution in [-0.2, 0) is 4.79 Å². The maximum absolute atomic E-state index is 12.7. The summed E-state index contributed by atoms with van der Waals surface area (Å²) in [5.74, 6) is -0.195. The van der Waals surface area contributed by atoms with Crippen molar-refractivity contribution in [1.29, 1.82) is 0 Å². The number of hydrogen-bond acceptors (Lipinski definition) is 4. The first-order valence-electron chi connectivity index (χ1n) is 9.31. The minimum Gasteiger partial charge on any atom is -0.378 e. The van der Waals surface area contributed by atoms with Gasteiger partial charge in [0.1, 0.15) is 6.04 Å². The molecule has 0 aliphatic rings. The summed E-state index contributed by atoms with van der Waals surface area (Å²) >= 11 is 0. The minimum atomic E-state index is -0.640. The molecule has 1 unspecified atom stereocenters. The third-order valence-corrected chi connectivity index (χ3v) is 4.48. The summed E-state index contributed by atoms with van der Waals surface area (Å²) in [5, 5.41) is 5.60. The van der Waals surface area contributed by atoms with Gasteiger partial charge in [-0.25, -0.2) is 4.98 Å². The number of nitrogens with one attached hydrogen (secondary N) is 3. The van der Waals surface area contributed by atoms with Crippen molar-refractivity contribution in [3.05, 3.63) is 54.1 Å². The third-order valence-electron chi connectivity index (χ3n) is 4.48. The number of hydrogen-bond donors (Lipinski definition) is 3. The Labute approximate surface area is 164 Å². The molecule has 0 bridgehead atoms. The monoisotopic (exact) mass is 379 g/mol. The van der Waals surface area contributed by atoms with Gasteiger partial charge >= 0.3 is 0 Å². The number of rotatable bonds is 7. The molecule has 1 atom stereocenters. The number of H-pyrrole nitrogens is 1. The molecule has 1 aromatic heterocycles. The number of anilines is 2. The highest BCUT2D eigenvalue weighted by Crippen LogP contribution is 2.15. The summed E-state index contributed by atoms with van der Waals surface area (Å²) in [6.07, 6.45) is 1.30. The molecule has 0 aliphatic heterocycles. The standard InChI is InChI=1S/C21H25N5O2/c1-4-7-18(22-19(27)14-10-12-15(13-11-14)26(2)3)20(28)25-21-23-16-8-5-6-9-17(16)24-21/h5-6,8-13,18H,4,7H2,1-3H3,(H,22,27)(H2,23,24,25,28). The molecule has 3 aromatic rings. The van der Waals surface area contributed by atoms with Crippen LogP contribution in [0.2, 0.25) is 0 Å². The van der Waals surface area contributed by atoms with Crippen molar-refractivity contribution in [3.8, 4) is 0 Å². The van der Waals surface area contributed by atoms with E-state index >= 15 is 0 Å². The summed E-state index contributed by atoms with van der Waals surface area (Å²) in [4.78, 5) is 34.7. The molecule has 2 amide bonds. The van der Waals surface area contributed by atoms with E-state index in [0.717, 1.165) is 23.1 Å². The predicted octanol–water partition coefficient (Wildman–Crippen LogP) is 3.17. The van der Waals surface area contributed by atoms with Crippen LogP contribution in [0.3, 0.4) is 0 Å². The highest BCUT2D eigenvalue weighted by molar-refractivity contribution is 6.01. The van der Waals surface area contributed by atoms with E-state index in [1.54, 1.807) is 12.1 Å². The second-order valence-corrected chi connectivity index (χ2v) is 6.85. The summed E-state index contributed by atoms with van der Waals surface area (Å²) < 4.78 is 0. The van der Waals surface area contributed by atoms with E-state index in [9.17, 15) is 9.59 Å². The molecular formula is C21H25N5O2. The van der Waals surface area contributed by atoms with Gasteiger partial charge in [-0.15, -0.1) is 0 Å². The number of para-hydroxylation sites is 2. The van der Waals surface area contributed by atoms with Gasteiger partial charge in [0.15, 0.2) is 0 Å². The fourth-order valence-corrected chi connectivity index (χ4v) is 2.93. The first-order valence-corrected chi connectivity index (χ1v) is 9.31. The molecule has 7 nitrogen and oxygen atoms in total. The van der Waals surface area contributed by atoms with Crippen LogP contribution in [0.4, 0.5) is 11.6 Å². The Morgan fingerprint density at radius 3 is 2.46 bits per heavy atom. The second kappa shape index (κ2) is 8.56. The predicted molar refractivity (Wildman–Crippen MR) is 112 cm³/mol. The number of nitrogens with zero attached hydrogens (tertiary/aromatic N) is 2. The molecule has 1 heterocycles.